The number of benzene rings is 2. The molecule has 0 amide bonds. The van der Waals surface area contributed by atoms with E-state index in [1.807, 2.05) is 0 Å². The summed E-state index contributed by atoms with van der Waals surface area (Å²) >= 11 is 0. The predicted octanol–water partition coefficient (Wildman–Crippen LogP) is 3.15. The summed E-state index contributed by atoms with van der Waals surface area (Å²) in [4.78, 5) is 20.4. The first-order chi connectivity index (χ1) is 13.8. The quantitative estimate of drug-likeness (QED) is 0.411. The van der Waals surface area contributed by atoms with Crippen molar-refractivity contribution in [3.63, 3.8) is 0 Å². The van der Waals surface area contributed by atoms with E-state index in [4.69, 9.17) is 0 Å². The Labute approximate surface area is 173 Å². The van der Waals surface area contributed by atoms with Gasteiger partial charge in [-0.25, -0.2) is 16.8 Å². The van der Waals surface area contributed by atoms with Crippen LogP contribution in [0.3, 0.4) is 0 Å². The van der Waals surface area contributed by atoms with Crippen molar-refractivity contribution >= 4 is 31.0 Å². The van der Waals surface area contributed by atoms with E-state index in [-0.39, 0.29) is 24.2 Å². The van der Waals surface area contributed by atoms with Crippen molar-refractivity contribution in [3.8, 4) is 0 Å². The van der Waals surface area contributed by atoms with Gasteiger partial charge >= 0.3 is 0 Å². The van der Waals surface area contributed by atoms with Crippen LogP contribution in [0.5, 0.6) is 0 Å². The molecule has 0 radical (unpaired) electrons. The third kappa shape index (κ3) is 5.83. The average molecular weight is 456 g/mol. The van der Waals surface area contributed by atoms with Crippen molar-refractivity contribution in [2.45, 2.75) is 23.3 Å². The van der Waals surface area contributed by atoms with Crippen molar-refractivity contribution in [1.82, 2.24) is 0 Å². The van der Waals surface area contributed by atoms with E-state index in [0.717, 1.165) is 12.5 Å². The molecule has 0 N–H and O–H groups in total. The Kier molecular flexibility index (Phi) is 6.93. The summed E-state index contributed by atoms with van der Waals surface area (Å²) in [5.41, 5.74) is 0.259. The highest BCUT2D eigenvalue weighted by Crippen LogP contribution is 2.35. The van der Waals surface area contributed by atoms with Crippen LogP contribution in [0.4, 0.5) is 11.4 Å². The monoisotopic (exact) mass is 456 g/mol. The zero-order valence-corrected chi connectivity index (χ0v) is 17.8. The molecule has 30 heavy (non-hydrogen) atoms. The van der Waals surface area contributed by atoms with Gasteiger partial charge in [-0.2, -0.15) is 0 Å². The van der Waals surface area contributed by atoms with Crippen molar-refractivity contribution < 1.29 is 26.7 Å². The molecule has 2 atom stereocenters. The van der Waals surface area contributed by atoms with Crippen LogP contribution in [0.25, 0.3) is 0 Å². The summed E-state index contributed by atoms with van der Waals surface area (Å²) in [7, 11) is -7.29. The Bertz CT molecular complexity index is 1050. The number of nitrogens with zero attached hydrogens (tertiary/aromatic N) is 2. The Hall–Kier alpha value is -2.86. The minimum atomic E-state index is -3.65. The smallest absolute Gasteiger partial charge is 0.258 e. The van der Waals surface area contributed by atoms with E-state index in [1.165, 1.54) is 48.5 Å². The maximum absolute atomic E-state index is 12.3. The van der Waals surface area contributed by atoms with E-state index >= 15 is 0 Å². The lowest BCUT2D eigenvalue weighted by Gasteiger charge is -2.20. The van der Waals surface area contributed by atoms with Crippen LogP contribution in [0.1, 0.15) is 34.5 Å². The second-order valence-electron chi connectivity index (χ2n) is 6.91. The first-order valence-corrected chi connectivity index (χ1v) is 12.6. The summed E-state index contributed by atoms with van der Waals surface area (Å²) in [6.07, 6.45) is 1.93. The van der Waals surface area contributed by atoms with Gasteiger partial charge < -0.3 is 0 Å². The van der Waals surface area contributed by atoms with Gasteiger partial charge in [0.15, 0.2) is 19.7 Å². The fraction of sp³-hybridized carbons (Fsp3) is 0.333. The van der Waals surface area contributed by atoms with Crippen molar-refractivity contribution in [2.24, 2.45) is 0 Å². The Balaban J connectivity index is 2.34. The van der Waals surface area contributed by atoms with Gasteiger partial charge in [-0.3, -0.25) is 20.2 Å². The van der Waals surface area contributed by atoms with Crippen LogP contribution >= 0.6 is 0 Å². The maximum atomic E-state index is 12.3. The van der Waals surface area contributed by atoms with E-state index < -0.39 is 40.0 Å². The maximum Gasteiger partial charge on any atom is 0.269 e. The van der Waals surface area contributed by atoms with Crippen molar-refractivity contribution in [2.75, 3.05) is 12.5 Å². The normalized spacial score (nSPS) is 14.1. The molecule has 0 aliphatic heterocycles. The SMILES string of the molecule is CS(=O)(=O)[C@H](CC[C@H](c1ccc([N+](=O)[O-])cc1)S(C)(=O)=O)c1ccc([N+](=O)[O-])cc1. The molecule has 2 aromatic rings. The van der Waals surface area contributed by atoms with Crippen LogP contribution < -0.4 is 0 Å². The van der Waals surface area contributed by atoms with Crippen LogP contribution in [0.15, 0.2) is 48.5 Å². The number of nitro benzene ring substituents is 2. The number of hydrogen-bond donors (Lipinski definition) is 0. The van der Waals surface area contributed by atoms with Crippen LogP contribution in [-0.2, 0) is 19.7 Å². The Morgan fingerprint density at radius 2 is 0.933 bits per heavy atom. The molecule has 0 unspecified atom stereocenters. The minimum Gasteiger partial charge on any atom is -0.258 e. The lowest BCUT2D eigenvalue weighted by Crippen LogP contribution is -2.17. The van der Waals surface area contributed by atoms with Gasteiger partial charge in [0.25, 0.3) is 11.4 Å². The van der Waals surface area contributed by atoms with E-state index in [0.29, 0.717) is 11.1 Å². The topological polar surface area (TPSA) is 155 Å². The van der Waals surface area contributed by atoms with Crippen molar-refractivity contribution in [3.05, 3.63) is 79.9 Å². The summed E-state index contributed by atoms with van der Waals surface area (Å²) in [5, 5.41) is 19.5. The molecule has 0 spiro atoms. The lowest BCUT2D eigenvalue weighted by molar-refractivity contribution is -0.385. The molecule has 0 saturated heterocycles. The van der Waals surface area contributed by atoms with Crippen LogP contribution in [-0.4, -0.2) is 39.2 Å². The molecule has 0 bridgehead atoms. The second-order valence-corrected chi connectivity index (χ2v) is 11.4. The highest BCUT2D eigenvalue weighted by molar-refractivity contribution is 7.91. The Morgan fingerprint density at radius 3 is 1.13 bits per heavy atom. The average Bonchev–Trinajstić information content (AvgIpc) is 2.63. The molecule has 162 valence electrons. The van der Waals surface area contributed by atoms with Gasteiger partial charge in [0, 0.05) is 36.8 Å². The van der Waals surface area contributed by atoms with E-state index in [2.05, 4.69) is 0 Å². The molecule has 12 heteroatoms. The van der Waals surface area contributed by atoms with Gasteiger partial charge in [0.05, 0.1) is 20.3 Å². The third-order valence-corrected chi connectivity index (χ3v) is 7.76. The molecule has 0 saturated carbocycles. The molecular formula is C18H20N2O8S2. The fourth-order valence-electron chi connectivity index (χ4n) is 3.18. The molecule has 0 heterocycles. The molecule has 0 aromatic heterocycles. The number of non-ortho nitro benzene ring substituents is 2. The van der Waals surface area contributed by atoms with E-state index in [1.54, 1.807) is 0 Å². The number of hydrogen-bond acceptors (Lipinski definition) is 8. The van der Waals surface area contributed by atoms with E-state index in [9.17, 15) is 37.1 Å². The highest BCUT2D eigenvalue weighted by atomic mass is 32.2. The van der Waals surface area contributed by atoms with Gasteiger partial charge in [0.2, 0.25) is 0 Å². The summed E-state index contributed by atoms with van der Waals surface area (Å²) in [5.74, 6) is 0. The minimum absolute atomic E-state index is 0.0502. The largest absolute Gasteiger partial charge is 0.269 e. The number of nitro groups is 2. The lowest BCUT2D eigenvalue weighted by atomic mass is 10.0. The summed E-state index contributed by atoms with van der Waals surface area (Å²) in [6, 6.07) is 10.1. The molecule has 0 aliphatic carbocycles. The molecular weight excluding hydrogens is 436 g/mol. The third-order valence-electron chi connectivity index (χ3n) is 4.68. The van der Waals surface area contributed by atoms with Gasteiger partial charge in [0.1, 0.15) is 0 Å². The standard InChI is InChI=1S/C18H20N2O8S2/c1-29(25,26)17(13-3-7-15(8-4-13)19(21)22)11-12-18(30(2,27)28)14-5-9-16(10-6-14)20(23)24/h3-10,17-18H,11-12H2,1-2H3/t17-,18-/m1/s1. The zero-order chi connectivity index (χ0) is 22.7. The first-order valence-electron chi connectivity index (χ1n) is 8.67. The van der Waals surface area contributed by atoms with Crippen LogP contribution in [0.2, 0.25) is 0 Å². The Morgan fingerprint density at radius 1 is 0.667 bits per heavy atom. The summed E-state index contributed by atoms with van der Waals surface area (Å²) < 4.78 is 49.2. The van der Waals surface area contributed by atoms with Gasteiger partial charge in [-0.1, -0.05) is 24.3 Å². The molecule has 0 fully saturated rings. The van der Waals surface area contributed by atoms with Gasteiger partial charge in [-0.05, 0) is 24.0 Å². The molecule has 0 aliphatic rings. The first kappa shape index (κ1) is 23.4. The fourth-order valence-corrected chi connectivity index (χ4v) is 5.61. The molecule has 2 aromatic carbocycles. The number of rotatable bonds is 9. The number of sulfone groups is 2. The predicted molar refractivity (Wildman–Crippen MR) is 111 cm³/mol. The highest BCUT2D eigenvalue weighted by Gasteiger charge is 2.29. The second kappa shape index (κ2) is 8.88. The van der Waals surface area contributed by atoms with Crippen LogP contribution in [0, 0.1) is 20.2 Å². The van der Waals surface area contributed by atoms with Gasteiger partial charge in [-0.15, -0.1) is 0 Å². The summed E-state index contributed by atoms with van der Waals surface area (Å²) in [6.45, 7) is 0. The van der Waals surface area contributed by atoms with Crippen molar-refractivity contribution in [1.29, 1.82) is 0 Å². The molecule has 2 rings (SSSR count). The molecule has 10 nitrogen and oxygen atoms in total. The zero-order valence-electron chi connectivity index (χ0n) is 16.2.